The summed E-state index contributed by atoms with van der Waals surface area (Å²) in [6.07, 6.45) is 0.516. The Morgan fingerprint density at radius 1 is 0.970 bits per heavy atom. The van der Waals surface area contributed by atoms with Crippen LogP contribution in [0.2, 0.25) is 5.02 Å². The van der Waals surface area contributed by atoms with Crippen LogP contribution < -0.4 is 14.2 Å². The minimum atomic E-state index is -0.830. The number of halogens is 1. The van der Waals surface area contributed by atoms with E-state index >= 15 is 0 Å². The van der Waals surface area contributed by atoms with Crippen LogP contribution in [-0.2, 0) is 14.3 Å². The third-order valence-corrected chi connectivity index (χ3v) is 5.75. The van der Waals surface area contributed by atoms with Gasteiger partial charge in [-0.3, -0.25) is 9.59 Å². The first kappa shape index (κ1) is 24.4. The average Bonchev–Trinajstić information content (AvgIpc) is 3.08. The minimum Gasteiger partial charge on any atom is -0.507 e. The number of aliphatic hydroxyl groups excluding tert-OH is 1. The van der Waals surface area contributed by atoms with E-state index in [4.69, 9.17) is 30.5 Å². The summed E-state index contributed by atoms with van der Waals surface area (Å²) in [4.78, 5) is 27.5. The Kier molecular flexibility index (Phi) is 7.84. The number of methoxy groups -OCH3 is 4. The zero-order valence-electron chi connectivity index (χ0n) is 18.9. The molecule has 176 valence electrons. The molecular weight excluding hydrogens is 450 g/mol. The summed E-state index contributed by atoms with van der Waals surface area (Å²) in [5.74, 6) is -0.535. The van der Waals surface area contributed by atoms with E-state index < -0.39 is 17.7 Å². The highest BCUT2D eigenvalue weighted by atomic mass is 35.5. The van der Waals surface area contributed by atoms with Crippen LogP contribution in [0.25, 0.3) is 5.76 Å². The lowest BCUT2D eigenvalue weighted by Gasteiger charge is -2.26. The van der Waals surface area contributed by atoms with E-state index in [0.717, 1.165) is 0 Å². The van der Waals surface area contributed by atoms with E-state index in [2.05, 4.69) is 0 Å². The number of carbonyl (C=O) groups excluding carboxylic acids is 2. The zero-order valence-corrected chi connectivity index (χ0v) is 19.6. The Morgan fingerprint density at radius 3 is 2.30 bits per heavy atom. The van der Waals surface area contributed by atoms with Crippen LogP contribution in [0, 0.1) is 0 Å². The Hall–Kier alpha value is -3.23. The molecule has 1 N–H and O–H groups in total. The van der Waals surface area contributed by atoms with Gasteiger partial charge in [-0.25, -0.2) is 0 Å². The molecule has 1 fully saturated rings. The normalized spacial score (nSPS) is 17.4. The van der Waals surface area contributed by atoms with E-state index in [0.29, 0.717) is 46.4 Å². The summed E-state index contributed by atoms with van der Waals surface area (Å²) in [7, 11) is 6.02. The van der Waals surface area contributed by atoms with Gasteiger partial charge in [0.15, 0.2) is 11.5 Å². The van der Waals surface area contributed by atoms with Crippen LogP contribution in [0.3, 0.4) is 0 Å². The van der Waals surface area contributed by atoms with Crippen molar-refractivity contribution in [1.82, 2.24) is 4.90 Å². The van der Waals surface area contributed by atoms with Crippen LogP contribution in [-0.4, -0.2) is 63.3 Å². The predicted octanol–water partition coefficient (Wildman–Crippen LogP) is 3.82. The lowest BCUT2D eigenvalue weighted by Crippen LogP contribution is -2.31. The number of hydrogen-bond acceptors (Lipinski definition) is 7. The fourth-order valence-corrected chi connectivity index (χ4v) is 4.02. The van der Waals surface area contributed by atoms with Gasteiger partial charge in [0, 0.05) is 25.8 Å². The molecule has 8 nitrogen and oxygen atoms in total. The number of benzene rings is 2. The van der Waals surface area contributed by atoms with Gasteiger partial charge in [-0.1, -0.05) is 17.7 Å². The first-order valence-electron chi connectivity index (χ1n) is 10.2. The topological polar surface area (TPSA) is 94.5 Å². The Morgan fingerprint density at radius 2 is 1.67 bits per heavy atom. The van der Waals surface area contributed by atoms with Gasteiger partial charge in [0.25, 0.3) is 11.7 Å². The lowest BCUT2D eigenvalue weighted by molar-refractivity contribution is -0.140. The standard InChI is InChI=1S/C24H26ClNO7/c1-30-11-5-10-26-21(14-7-9-17(31-2)19(12-14)33-4)20(23(28)24(26)29)22(27)15-6-8-16(25)18(13-15)32-3/h6-9,12-13,21,27H,5,10-11H2,1-4H3/b22-20-. The molecule has 0 aromatic heterocycles. The molecule has 1 amide bonds. The number of hydrogen-bond donors (Lipinski definition) is 1. The number of Topliss-reactive ketones (excluding diaryl/α,β-unsaturated/α-hetero) is 1. The largest absolute Gasteiger partial charge is 0.507 e. The molecule has 0 saturated carbocycles. The Bertz CT molecular complexity index is 1080. The number of amides is 1. The highest BCUT2D eigenvalue weighted by Crippen LogP contribution is 2.42. The molecule has 3 rings (SSSR count). The van der Waals surface area contributed by atoms with Crippen LogP contribution >= 0.6 is 11.6 Å². The van der Waals surface area contributed by atoms with Crippen molar-refractivity contribution in [3.8, 4) is 17.2 Å². The maximum atomic E-state index is 13.1. The summed E-state index contributed by atoms with van der Waals surface area (Å²) in [6, 6.07) is 8.91. The molecule has 1 unspecified atom stereocenters. The fourth-order valence-electron chi connectivity index (χ4n) is 3.82. The number of rotatable bonds is 9. The van der Waals surface area contributed by atoms with E-state index in [9.17, 15) is 14.7 Å². The first-order valence-corrected chi connectivity index (χ1v) is 10.6. The molecule has 0 spiro atoms. The second-order valence-corrected chi connectivity index (χ2v) is 7.71. The SMILES string of the molecule is COCCCN1C(=O)C(=O)/C(=C(\O)c2ccc(Cl)c(OC)c2)C1c1ccc(OC)c(OC)c1. The van der Waals surface area contributed by atoms with Gasteiger partial charge < -0.3 is 29.0 Å². The summed E-state index contributed by atoms with van der Waals surface area (Å²) >= 11 is 6.10. The van der Waals surface area contributed by atoms with E-state index in [-0.39, 0.29) is 17.9 Å². The van der Waals surface area contributed by atoms with Gasteiger partial charge in [-0.2, -0.15) is 0 Å². The highest BCUT2D eigenvalue weighted by molar-refractivity contribution is 6.46. The molecular formula is C24H26ClNO7. The molecule has 1 saturated heterocycles. The molecule has 0 aliphatic carbocycles. The van der Waals surface area contributed by atoms with Crippen LogP contribution in [0.5, 0.6) is 17.2 Å². The van der Waals surface area contributed by atoms with Crippen molar-refractivity contribution < 1.29 is 33.6 Å². The molecule has 2 aromatic carbocycles. The molecule has 2 aromatic rings. The average molecular weight is 476 g/mol. The number of carbonyl (C=O) groups is 2. The highest BCUT2D eigenvalue weighted by Gasteiger charge is 2.46. The van der Waals surface area contributed by atoms with Crippen LogP contribution in [0.4, 0.5) is 0 Å². The van der Waals surface area contributed by atoms with Crippen LogP contribution in [0.1, 0.15) is 23.6 Å². The molecule has 1 aliphatic heterocycles. The second kappa shape index (κ2) is 10.6. The third kappa shape index (κ3) is 4.77. The Labute approximate surface area is 197 Å². The number of likely N-dealkylation sites (tertiary alicyclic amines) is 1. The van der Waals surface area contributed by atoms with Crippen LogP contribution in [0.15, 0.2) is 42.0 Å². The van der Waals surface area contributed by atoms with Crippen molar-refractivity contribution in [1.29, 1.82) is 0 Å². The van der Waals surface area contributed by atoms with Gasteiger partial charge in [-0.15, -0.1) is 0 Å². The summed E-state index contributed by atoms with van der Waals surface area (Å²) < 4.78 is 21.0. The molecule has 0 radical (unpaired) electrons. The maximum Gasteiger partial charge on any atom is 0.295 e. The molecule has 33 heavy (non-hydrogen) atoms. The van der Waals surface area contributed by atoms with Gasteiger partial charge in [0.2, 0.25) is 0 Å². The third-order valence-electron chi connectivity index (χ3n) is 5.44. The number of ether oxygens (including phenoxy) is 4. The first-order chi connectivity index (χ1) is 15.9. The van der Waals surface area contributed by atoms with Crippen molar-refractivity contribution in [2.45, 2.75) is 12.5 Å². The van der Waals surface area contributed by atoms with Gasteiger partial charge in [-0.05, 0) is 42.3 Å². The molecule has 9 heteroatoms. The minimum absolute atomic E-state index is 0.0333. The van der Waals surface area contributed by atoms with E-state index in [1.165, 1.54) is 32.3 Å². The van der Waals surface area contributed by atoms with E-state index in [1.54, 1.807) is 37.4 Å². The van der Waals surface area contributed by atoms with Crippen molar-refractivity contribution in [3.63, 3.8) is 0 Å². The lowest BCUT2D eigenvalue weighted by atomic mass is 9.95. The van der Waals surface area contributed by atoms with Crippen molar-refractivity contribution >= 4 is 29.1 Å². The summed E-state index contributed by atoms with van der Waals surface area (Å²) in [5, 5.41) is 11.5. The molecule has 1 atom stereocenters. The van der Waals surface area contributed by atoms with Crippen molar-refractivity contribution in [2.75, 3.05) is 41.6 Å². The van der Waals surface area contributed by atoms with Gasteiger partial charge in [0.05, 0.1) is 38.0 Å². The summed E-state index contributed by atoms with van der Waals surface area (Å²) in [6.45, 7) is 0.675. The molecule has 1 aliphatic rings. The fraction of sp³-hybridized carbons (Fsp3) is 0.333. The molecule has 0 bridgehead atoms. The van der Waals surface area contributed by atoms with E-state index in [1.807, 2.05) is 0 Å². The monoisotopic (exact) mass is 475 g/mol. The molecule has 1 heterocycles. The quantitative estimate of drug-likeness (QED) is 0.255. The van der Waals surface area contributed by atoms with Gasteiger partial charge in [0.1, 0.15) is 11.5 Å². The van der Waals surface area contributed by atoms with Crippen molar-refractivity contribution in [3.05, 3.63) is 58.1 Å². The number of aliphatic hydroxyl groups is 1. The number of ketones is 1. The zero-order chi connectivity index (χ0) is 24.1. The van der Waals surface area contributed by atoms with Crippen molar-refractivity contribution in [2.24, 2.45) is 0 Å². The number of nitrogens with zero attached hydrogens (tertiary/aromatic N) is 1. The summed E-state index contributed by atoms with van der Waals surface area (Å²) in [5.41, 5.74) is 0.859. The smallest absolute Gasteiger partial charge is 0.295 e. The maximum absolute atomic E-state index is 13.1. The van der Waals surface area contributed by atoms with Gasteiger partial charge >= 0.3 is 0 Å². The second-order valence-electron chi connectivity index (χ2n) is 7.30. The Balaban J connectivity index is 2.18. The predicted molar refractivity (Wildman–Crippen MR) is 123 cm³/mol.